The Hall–Kier alpha value is -1.88. The maximum Gasteiger partial charge on any atom is 0.248 e. The van der Waals surface area contributed by atoms with Crippen LogP contribution < -0.4 is 16.8 Å². The van der Waals surface area contributed by atoms with Crippen molar-refractivity contribution in [2.24, 2.45) is 17.4 Å². The van der Waals surface area contributed by atoms with Gasteiger partial charge in [0.15, 0.2) is 0 Å². The molecule has 1 rings (SSSR count). The first kappa shape index (κ1) is 15.2. The van der Waals surface area contributed by atoms with Crippen LogP contribution in [0.25, 0.3) is 0 Å². The van der Waals surface area contributed by atoms with Gasteiger partial charge in [0.1, 0.15) is 0 Å². The molecule has 1 aromatic carbocycles. The van der Waals surface area contributed by atoms with Gasteiger partial charge >= 0.3 is 0 Å². The third kappa shape index (κ3) is 4.37. The summed E-state index contributed by atoms with van der Waals surface area (Å²) < 4.78 is 0. The second-order valence-electron chi connectivity index (χ2n) is 5.05. The smallest absolute Gasteiger partial charge is 0.248 e. The summed E-state index contributed by atoms with van der Waals surface area (Å²) in [5.74, 6) is -0.358. The molecule has 5 heteroatoms. The minimum absolute atomic E-state index is 0.129. The van der Waals surface area contributed by atoms with Gasteiger partial charge in [0.05, 0.1) is 0 Å². The second kappa shape index (κ2) is 6.33. The van der Waals surface area contributed by atoms with Gasteiger partial charge < -0.3 is 16.8 Å². The van der Waals surface area contributed by atoms with Crippen molar-refractivity contribution in [1.82, 2.24) is 0 Å². The Kier molecular flexibility index (Phi) is 5.06. The summed E-state index contributed by atoms with van der Waals surface area (Å²) in [6, 6.07) is 4.76. The van der Waals surface area contributed by atoms with E-state index in [1.54, 1.807) is 18.2 Å². The van der Waals surface area contributed by atoms with Crippen molar-refractivity contribution >= 4 is 17.5 Å². The van der Waals surface area contributed by atoms with Crippen LogP contribution in [0.3, 0.4) is 0 Å². The Bertz CT molecular complexity index is 484. The van der Waals surface area contributed by atoms with Crippen LogP contribution in [0.1, 0.15) is 36.2 Å². The Labute approximate surface area is 113 Å². The van der Waals surface area contributed by atoms with E-state index in [1.807, 2.05) is 20.8 Å². The monoisotopic (exact) mass is 263 g/mol. The summed E-state index contributed by atoms with van der Waals surface area (Å²) in [7, 11) is 0. The third-order valence-corrected chi connectivity index (χ3v) is 3.06. The quantitative estimate of drug-likeness (QED) is 0.749. The average Bonchev–Trinajstić information content (AvgIpc) is 2.31. The molecule has 1 unspecified atom stereocenters. The number of rotatable bonds is 5. The summed E-state index contributed by atoms with van der Waals surface area (Å²) in [5, 5.41) is 2.79. The lowest BCUT2D eigenvalue weighted by molar-refractivity contribution is -0.116. The van der Waals surface area contributed by atoms with E-state index in [4.69, 9.17) is 11.5 Å². The van der Waals surface area contributed by atoms with Crippen molar-refractivity contribution in [3.05, 3.63) is 29.3 Å². The van der Waals surface area contributed by atoms with Gasteiger partial charge in [-0.15, -0.1) is 0 Å². The Morgan fingerprint density at radius 2 is 1.95 bits per heavy atom. The number of amides is 2. The van der Waals surface area contributed by atoms with Gasteiger partial charge in [-0.05, 0) is 36.6 Å². The van der Waals surface area contributed by atoms with Gasteiger partial charge in [0.25, 0.3) is 0 Å². The number of primary amides is 1. The molecular weight excluding hydrogens is 242 g/mol. The van der Waals surface area contributed by atoms with Crippen LogP contribution in [0, 0.1) is 12.8 Å². The van der Waals surface area contributed by atoms with Crippen LogP contribution in [0.15, 0.2) is 18.2 Å². The molecule has 19 heavy (non-hydrogen) atoms. The molecule has 5 N–H and O–H groups in total. The van der Waals surface area contributed by atoms with Gasteiger partial charge in [-0.1, -0.05) is 13.8 Å². The fraction of sp³-hybridized carbons (Fsp3) is 0.429. The van der Waals surface area contributed by atoms with Crippen LogP contribution in [-0.4, -0.2) is 17.9 Å². The molecule has 0 aliphatic carbocycles. The summed E-state index contributed by atoms with van der Waals surface area (Å²) >= 11 is 0. The second-order valence-corrected chi connectivity index (χ2v) is 5.05. The van der Waals surface area contributed by atoms with Crippen molar-refractivity contribution in [3.63, 3.8) is 0 Å². The van der Waals surface area contributed by atoms with Crippen molar-refractivity contribution in [2.75, 3.05) is 5.32 Å². The van der Waals surface area contributed by atoms with E-state index in [1.165, 1.54) is 0 Å². The number of hydrogen-bond acceptors (Lipinski definition) is 3. The van der Waals surface area contributed by atoms with E-state index in [2.05, 4.69) is 5.32 Å². The number of aryl methyl sites for hydroxylation is 1. The van der Waals surface area contributed by atoms with E-state index in [-0.39, 0.29) is 24.3 Å². The molecule has 0 aromatic heterocycles. The minimum atomic E-state index is -0.484. The first-order chi connectivity index (χ1) is 8.81. The normalized spacial score (nSPS) is 12.3. The highest BCUT2D eigenvalue weighted by Crippen LogP contribution is 2.17. The largest absolute Gasteiger partial charge is 0.366 e. The molecule has 0 saturated heterocycles. The molecule has 2 amide bonds. The number of benzene rings is 1. The molecule has 0 radical (unpaired) electrons. The standard InChI is InChI=1S/C14H21N3O2/c1-8(2)11(15)7-13(18)17-12-5-4-10(14(16)19)6-9(12)3/h4-6,8,11H,7,15H2,1-3H3,(H2,16,19)(H,17,18). The van der Waals surface area contributed by atoms with E-state index in [0.717, 1.165) is 5.56 Å². The predicted octanol–water partition coefficient (Wildman–Crippen LogP) is 1.41. The van der Waals surface area contributed by atoms with E-state index < -0.39 is 5.91 Å². The molecule has 0 saturated carbocycles. The zero-order valence-electron chi connectivity index (χ0n) is 11.6. The Morgan fingerprint density at radius 3 is 2.42 bits per heavy atom. The molecule has 0 bridgehead atoms. The number of hydrogen-bond donors (Lipinski definition) is 3. The Morgan fingerprint density at radius 1 is 1.32 bits per heavy atom. The predicted molar refractivity (Wildman–Crippen MR) is 75.8 cm³/mol. The molecule has 0 spiro atoms. The van der Waals surface area contributed by atoms with Gasteiger partial charge in [0.2, 0.25) is 11.8 Å². The highest BCUT2D eigenvalue weighted by molar-refractivity contribution is 5.95. The van der Waals surface area contributed by atoms with Gasteiger partial charge in [0, 0.05) is 23.7 Å². The molecule has 1 atom stereocenters. The molecule has 0 fully saturated rings. The van der Waals surface area contributed by atoms with Crippen molar-refractivity contribution in [3.8, 4) is 0 Å². The van der Waals surface area contributed by atoms with Gasteiger partial charge in [-0.3, -0.25) is 9.59 Å². The molecule has 5 nitrogen and oxygen atoms in total. The first-order valence-electron chi connectivity index (χ1n) is 6.27. The first-order valence-corrected chi connectivity index (χ1v) is 6.27. The van der Waals surface area contributed by atoms with Crippen LogP contribution in [0.2, 0.25) is 0 Å². The number of carbonyl (C=O) groups is 2. The lowest BCUT2D eigenvalue weighted by Gasteiger charge is -2.16. The van der Waals surface area contributed by atoms with Gasteiger partial charge in [-0.25, -0.2) is 0 Å². The molecule has 0 aliphatic rings. The summed E-state index contributed by atoms with van der Waals surface area (Å²) in [6.45, 7) is 5.76. The number of anilines is 1. The van der Waals surface area contributed by atoms with E-state index in [0.29, 0.717) is 11.3 Å². The highest BCUT2D eigenvalue weighted by atomic mass is 16.2. The lowest BCUT2D eigenvalue weighted by atomic mass is 10.0. The maximum atomic E-state index is 11.8. The van der Waals surface area contributed by atoms with Crippen molar-refractivity contribution in [2.45, 2.75) is 33.2 Å². The highest BCUT2D eigenvalue weighted by Gasteiger charge is 2.14. The maximum absolute atomic E-state index is 11.8. The number of carbonyl (C=O) groups excluding carboxylic acids is 2. The summed E-state index contributed by atoms with van der Waals surface area (Å²) in [5.41, 5.74) is 12.9. The van der Waals surface area contributed by atoms with Crippen LogP contribution in [0.4, 0.5) is 5.69 Å². The van der Waals surface area contributed by atoms with E-state index in [9.17, 15) is 9.59 Å². The fourth-order valence-electron chi connectivity index (χ4n) is 1.61. The SMILES string of the molecule is Cc1cc(C(N)=O)ccc1NC(=O)CC(N)C(C)C. The fourth-order valence-corrected chi connectivity index (χ4v) is 1.61. The van der Waals surface area contributed by atoms with Crippen molar-refractivity contribution < 1.29 is 9.59 Å². The molecule has 104 valence electrons. The van der Waals surface area contributed by atoms with Crippen LogP contribution in [-0.2, 0) is 4.79 Å². The van der Waals surface area contributed by atoms with Gasteiger partial charge in [-0.2, -0.15) is 0 Å². The topological polar surface area (TPSA) is 98.2 Å². The Balaban J connectivity index is 2.72. The lowest BCUT2D eigenvalue weighted by Crippen LogP contribution is -2.31. The van der Waals surface area contributed by atoms with Crippen LogP contribution >= 0.6 is 0 Å². The molecule has 1 aromatic rings. The number of nitrogens with one attached hydrogen (secondary N) is 1. The van der Waals surface area contributed by atoms with Crippen LogP contribution in [0.5, 0.6) is 0 Å². The van der Waals surface area contributed by atoms with E-state index >= 15 is 0 Å². The number of nitrogens with two attached hydrogens (primary N) is 2. The minimum Gasteiger partial charge on any atom is -0.366 e. The summed E-state index contributed by atoms with van der Waals surface area (Å²) in [6.07, 6.45) is 0.272. The van der Waals surface area contributed by atoms with Crippen molar-refractivity contribution in [1.29, 1.82) is 0 Å². The zero-order valence-corrected chi connectivity index (χ0v) is 11.6. The summed E-state index contributed by atoms with van der Waals surface area (Å²) in [4.78, 5) is 22.8. The molecule has 0 aliphatic heterocycles. The third-order valence-electron chi connectivity index (χ3n) is 3.06. The average molecular weight is 263 g/mol. The zero-order chi connectivity index (χ0) is 14.6. The molecule has 0 heterocycles. The molecular formula is C14H21N3O2.